The number of nitrogens with two attached hydrogens (primary N) is 1. The van der Waals surface area contributed by atoms with Gasteiger partial charge in [0.05, 0.1) is 5.69 Å². The third-order valence-corrected chi connectivity index (χ3v) is 3.19. The smallest absolute Gasteiger partial charge is 0.0703 e. The second-order valence-electron chi connectivity index (χ2n) is 3.90. The molecule has 3 heteroatoms. The molecule has 1 fully saturated rings. The number of hydrogen-bond donors (Lipinski definition) is 1. The van der Waals surface area contributed by atoms with Crippen LogP contribution in [0.3, 0.4) is 0 Å². The first-order valence-corrected chi connectivity index (χ1v) is 4.96. The van der Waals surface area contributed by atoms with Crippen molar-refractivity contribution in [2.75, 3.05) is 0 Å². The van der Waals surface area contributed by atoms with Gasteiger partial charge < -0.3 is 5.73 Å². The monoisotopic (exact) mass is 179 g/mol. The second-order valence-corrected chi connectivity index (χ2v) is 3.90. The van der Waals surface area contributed by atoms with Gasteiger partial charge in [-0.15, -0.1) is 0 Å². The van der Waals surface area contributed by atoms with Crippen LogP contribution in [0.5, 0.6) is 0 Å². The molecule has 1 saturated carbocycles. The molecule has 0 spiro atoms. The third-order valence-electron chi connectivity index (χ3n) is 3.19. The van der Waals surface area contributed by atoms with E-state index in [0.717, 1.165) is 0 Å². The largest absolute Gasteiger partial charge is 0.326 e. The molecule has 13 heavy (non-hydrogen) atoms. The van der Waals surface area contributed by atoms with E-state index < -0.39 is 0 Å². The summed E-state index contributed by atoms with van der Waals surface area (Å²) in [6.07, 6.45) is 3.94. The molecule has 1 aliphatic carbocycles. The highest BCUT2D eigenvalue weighted by atomic mass is 15.3. The summed E-state index contributed by atoms with van der Waals surface area (Å²) in [5.41, 5.74) is 9.48. The minimum Gasteiger partial charge on any atom is -0.326 e. The highest BCUT2D eigenvalue weighted by Gasteiger charge is 2.25. The predicted octanol–water partition coefficient (Wildman–Crippen LogP) is 1.45. The summed E-state index contributed by atoms with van der Waals surface area (Å²) in [6, 6.07) is 0. The second kappa shape index (κ2) is 3.14. The zero-order valence-electron chi connectivity index (χ0n) is 8.38. The van der Waals surface area contributed by atoms with Crippen LogP contribution in [-0.4, -0.2) is 9.78 Å². The molecule has 2 N–H and O–H groups in total. The molecule has 0 unspecified atom stereocenters. The molecular formula is C10H17N3. The van der Waals surface area contributed by atoms with Gasteiger partial charge >= 0.3 is 0 Å². The fourth-order valence-corrected chi connectivity index (χ4v) is 1.94. The van der Waals surface area contributed by atoms with Gasteiger partial charge in [-0.05, 0) is 19.8 Å². The topological polar surface area (TPSA) is 43.8 Å². The quantitative estimate of drug-likeness (QED) is 0.746. The average molecular weight is 179 g/mol. The molecule has 1 aliphatic rings. The van der Waals surface area contributed by atoms with E-state index in [9.17, 15) is 0 Å². The van der Waals surface area contributed by atoms with Crippen LogP contribution in [-0.2, 0) is 13.6 Å². The molecule has 0 amide bonds. The third kappa shape index (κ3) is 1.27. The summed E-state index contributed by atoms with van der Waals surface area (Å²) < 4.78 is 1.95. The summed E-state index contributed by atoms with van der Waals surface area (Å²) in [5.74, 6) is 0.693. The minimum absolute atomic E-state index is 0.630. The first-order chi connectivity index (χ1) is 6.24. The van der Waals surface area contributed by atoms with Gasteiger partial charge in [-0.1, -0.05) is 6.42 Å². The lowest BCUT2D eigenvalue weighted by atomic mass is 9.81. The SMILES string of the molecule is Cc1c(CN)c(C2CCC2)nn1C. The summed E-state index contributed by atoms with van der Waals surface area (Å²) in [7, 11) is 2.00. The van der Waals surface area contributed by atoms with Crippen molar-refractivity contribution in [2.45, 2.75) is 38.6 Å². The Bertz CT molecular complexity index is 310. The Morgan fingerprint density at radius 1 is 1.54 bits per heavy atom. The standard InChI is InChI=1S/C10H17N3/c1-7-9(6-11)10(12-13(7)2)8-4-3-5-8/h8H,3-6,11H2,1-2H3. The van der Waals surface area contributed by atoms with Crippen LogP contribution >= 0.6 is 0 Å². The zero-order valence-corrected chi connectivity index (χ0v) is 8.38. The van der Waals surface area contributed by atoms with Gasteiger partial charge in [0.25, 0.3) is 0 Å². The van der Waals surface area contributed by atoms with Gasteiger partial charge in [0, 0.05) is 30.8 Å². The molecule has 0 aliphatic heterocycles. The summed E-state index contributed by atoms with van der Waals surface area (Å²) in [4.78, 5) is 0. The lowest BCUT2D eigenvalue weighted by Gasteiger charge is -2.24. The van der Waals surface area contributed by atoms with Crippen LogP contribution < -0.4 is 5.73 Å². The van der Waals surface area contributed by atoms with Crippen LogP contribution in [0.1, 0.15) is 42.1 Å². The Morgan fingerprint density at radius 3 is 2.69 bits per heavy atom. The molecule has 72 valence electrons. The van der Waals surface area contributed by atoms with Crippen molar-refractivity contribution in [3.05, 3.63) is 17.0 Å². The number of aromatic nitrogens is 2. The first kappa shape index (κ1) is 8.75. The van der Waals surface area contributed by atoms with Gasteiger partial charge in [-0.2, -0.15) is 5.10 Å². The molecule has 3 nitrogen and oxygen atoms in total. The molecule has 0 aromatic carbocycles. The highest BCUT2D eigenvalue weighted by molar-refractivity contribution is 5.29. The molecule has 2 rings (SSSR count). The summed E-state index contributed by atoms with van der Waals surface area (Å²) in [5, 5.41) is 4.54. The maximum Gasteiger partial charge on any atom is 0.0703 e. The lowest BCUT2D eigenvalue weighted by molar-refractivity contribution is 0.405. The van der Waals surface area contributed by atoms with Crippen molar-refractivity contribution >= 4 is 0 Å². The van der Waals surface area contributed by atoms with Crippen LogP contribution in [0.15, 0.2) is 0 Å². The van der Waals surface area contributed by atoms with E-state index in [-0.39, 0.29) is 0 Å². The van der Waals surface area contributed by atoms with Crippen LogP contribution in [0, 0.1) is 6.92 Å². The maximum absolute atomic E-state index is 5.73. The van der Waals surface area contributed by atoms with Crippen molar-refractivity contribution in [2.24, 2.45) is 12.8 Å². The van der Waals surface area contributed by atoms with Crippen LogP contribution in [0.2, 0.25) is 0 Å². The van der Waals surface area contributed by atoms with E-state index in [1.165, 1.54) is 36.2 Å². The van der Waals surface area contributed by atoms with Crippen molar-refractivity contribution in [1.29, 1.82) is 0 Å². The Morgan fingerprint density at radius 2 is 2.23 bits per heavy atom. The minimum atomic E-state index is 0.630. The first-order valence-electron chi connectivity index (χ1n) is 4.96. The van der Waals surface area contributed by atoms with Crippen molar-refractivity contribution in [3.8, 4) is 0 Å². The molecular weight excluding hydrogens is 162 g/mol. The number of rotatable bonds is 2. The molecule has 0 atom stereocenters. The van der Waals surface area contributed by atoms with Crippen molar-refractivity contribution in [1.82, 2.24) is 9.78 Å². The molecule has 1 aromatic rings. The molecule has 0 saturated heterocycles. The number of nitrogens with zero attached hydrogens (tertiary/aromatic N) is 2. The molecule has 0 radical (unpaired) electrons. The van der Waals surface area contributed by atoms with Crippen LogP contribution in [0.4, 0.5) is 0 Å². The molecule has 0 bridgehead atoms. The summed E-state index contributed by atoms with van der Waals surface area (Å²) in [6.45, 7) is 2.73. The Kier molecular flexibility index (Phi) is 2.12. The maximum atomic E-state index is 5.73. The fraction of sp³-hybridized carbons (Fsp3) is 0.700. The Balaban J connectivity index is 2.37. The zero-order chi connectivity index (χ0) is 9.42. The van der Waals surface area contributed by atoms with Gasteiger partial charge in [-0.25, -0.2) is 0 Å². The van der Waals surface area contributed by atoms with Crippen LogP contribution in [0.25, 0.3) is 0 Å². The predicted molar refractivity (Wildman–Crippen MR) is 52.4 cm³/mol. The van der Waals surface area contributed by atoms with E-state index in [2.05, 4.69) is 12.0 Å². The molecule has 1 aromatic heterocycles. The highest BCUT2D eigenvalue weighted by Crippen LogP contribution is 2.37. The van der Waals surface area contributed by atoms with E-state index in [1.807, 2.05) is 11.7 Å². The van der Waals surface area contributed by atoms with Crippen molar-refractivity contribution < 1.29 is 0 Å². The average Bonchev–Trinajstić information content (AvgIpc) is 2.25. The van der Waals surface area contributed by atoms with Gasteiger partial charge in [0.1, 0.15) is 0 Å². The number of aryl methyl sites for hydroxylation is 1. The fourth-order valence-electron chi connectivity index (χ4n) is 1.94. The van der Waals surface area contributed by atoms with Crippen molar-refractivity contribution in [3.63, 3.8) is 0 Å². The number of hydrogen-bond acceptors (Lipinski definition) is 2. The van der Waals surface area contributed by atoms with E-state index in [1.54, 1.807) is 0 Å². The van der Waals surface area contributed by atoms with E-state index in [4.69, 9.17) is 5.73 Å². The van der Waals surface area contributed by atoms with E-state index in [0.29, 0.717) is 12.5 Å². The Labute approximate surface area is 78.9 Å². The van der Waals surface area contributed by atoms with Gasteiger partial charge in [0.2, 0.25) is 0 Å². The van der Waals surface area contributed by atoms with Gasteiger partial charge in [-0.3, -0.25) is 4.68 Å². The normalized spacial score (nSPS) is 17.5. The lowest BCUT2D eigenvalue weighted by Crippen LogP contribution is -2.13. The van der Waals surface area contributed by atoms with Gasteiger partial charge in [0.15, 0.2) is 0 Å². The van der Waals surface area contributed by atoms with E-state index >= 15 is 0 Å². The summed E-state index contributed by atoms with van der Waals surface area (Å²) >= 11 is 0. The Hall–Kier alpha value is -0.830. The molecule has 1 heterocycles.